The molecule has 80 valence electrons. The summed E-state index contributed by atoms with van der Waals surface area (Å²) < 4.78 is 0. The smallest absolute Gasteiger partial charge is 0.142 e. The third-order valence-corrected chi connectivity index (χ3v) is 2.65. The molecule has 1 heterocycles. The van der Waals surface area contributed by atoms with E-state index in [2.05, 4.69) is 36.7 Å². The first-order valence-corrected chi connectivity index (χ1v) is 5.35. The topological polar surface area (TPSA) is 39.9 Å². The number of nitrogens with zero attached hydrogens (tertiary/aromatic N) is 3. The van der Waals surface area contributed by atoms with E-state index >= 15 is 0 Å². The van der Waals surface area contributed by atoms with Gasteiger partial charge >= 0.3 is 0 Å². The fourth-order valence-electron chi connectivity index (χ4n) is 1.63. The van der Waals surface area contributed by atoms with E-state index in [1.54, 1.807) is 6.20 Å². The van der Waals surface area contributed by atoms with Crippen LogP contribution in [0.15, 0.2) is 18.3 Å². The molecule has 0 fully saturated rings. The lowest BCUT2D eigenvalue weighted by molar-refractivity contribution is 0.629. The summed E-state index contributed by atoms with van der Waals surface area (Å²) in [6, 6.07) is 6.35. The minimum absolute atomic E-state index is 0.481. The van der Waals surface area contributed by atoms with Crippen LogP contribution in [0.5, 0.6) is 0 Å². The molecule has 1 unspecified atom stereocenters. The molecule has 0 N–H and O–H groups in total. The number of hydrogen-bond acceptors (Lipinski definition) is 3. The first kappa shape index (κ1) is 11.5. The van der Waals surface area contributed by atoms with Crippen molar-refractivity contribution in [2.75, 3.05) is 11.4 Å². The van der Waals surface area contributed by atoms with Crippen LogP contribution in [0.3, 0.4) is 0 Å². The maximum atomic E-state index is 8.78. The zero-order chi connectivity index (χ0) is 11.3. The van der Waals surface area contributed by atoms with E-state index < -0.39 is 0 Å². The van der Waals surface area contributed by atoms with Gasteiger partial charge in [-0.15, -0.1) is 0 Å². The molecule has 0 bridgehead atoms. The first-order chi connectivity index (χ1) is 7.22. The summed E-state index contributed by atoms with van der Waals surface area (Å²) in [6.45, 7) is 7.43. The molecule has 0 aliphatic carbocycles. The zero-order valence-corrected chi connectivity index (χ0v) is 9.57. The molecule has 1 atom stereocenters. The monoisotopic (exact) mass is 203 g/mol. The molecule has 0 amide bonds. The minimum Gasteiger partial charge on any atom is -0.369 e. The van der Waals surface area contributed by atoms with Crippen molar-refractivity contribution >= 4 is 5.69 Å². The lowest BCUT2D eigenvalue weighted by Gasteiger charge is -2.29. The quantitative estimate of drug-likeness (QED) is 0.755. The SMILES string of the molecule is CCC(C)N(CC)c1ccnc(C#N)c1. The van der Waals surface area contributed by atoms with Gasteiger partial charge in [0.05, 0.1) is 0 Å². The summed E-state index contributed by atoms with van der Waals surface area (Å²) >= 11 is 0. The highest BCUT2D eigenvalue weighted by Gasteiger charge is 2.11. The Kier molecular flexibility index (Phi) is 4.11. The van der Waals surface area contributed by atoms with Crippen molar-refractivity contribution in [2.24, 2.45) is 0 Å². The third kappa shape index (κ3) is 2.69. The average molecular weight is 203 g/mol. The van der Waals surface area contributed by atoms with Crippen LogP contribution in [0, 0.1) is 11.3 Å². The molecule has 0 aromatic carbocycles. The third-order valence-electron chi connectivity index (χ3n) is 2.65. The molecule has 15 heavy (non-hydrogen) atoms. The van der Waals surface area contributed by atoms with E-state index in [1.165, 1.54) is 0 Å². The van der Waals surface area contributed by atoms with Crippen molar-refractivity contribution in [2.45, 2.75) is 33.2 Å². The second kappa shape index (κ2) is 5.35. The Bertz CT molecular complexity index is 354. The Balaban J connectivity index is 2.97. The lowest BCUT2D eigenvalue weighted by Crippen LogP contribution is -2.32. The fourth-order valence-corrected chi connectivity index (χ4v) is 1.63. The Labute approximate surface area is 91.4 Å². The van der Waals surface area contributed by atoms with Crippen molar-refractivity contribution in [3.05, 3.63) is 24.0 Å². The Morgan fingerprint density at radius 1 is 1.53 bits per heavy atom. The molecule has 0 saturated carbocycles. The van der Waals surface area contributed by atoms with Gasteiger partial charge in [-0.25, -0.2) is 4.98 Å². The predicted molar refractivity (Wildman–Crippen MR) is 61.7 cm³/mol. The molecule has 1 aromatic heterocycles. The first-order valence-electron chi connectivity index (χ1n) is 5.35. The zero-order valence-electron chi connectivity index (χ0n) is 9.57. The number of pyridine rings is 1. The van der Waals surface area contributed by atoms with Gasteiger partial charge in [0, 0.05) is 24.5 Å². The van der Waals surface area contributed by atoms with Crippen LogP contribution >= 0.6 is 0 Å². The Morgan fingerprint density at radius 2 is 2.27 bits per heavy atom. The van der Waals surface area contributed by atoms with Gasteiger partial charge in [-0.1, -0.05) is 6.92 Å². The van der Waals surface area contributed by atoms with Gasteiger partial charge in [-0.05, 0) is 32.4 Å². The normalized spacial score (nSPS) is 11.9. The van der Waals surface area contributed by atoms with Crippen molar-refractivity contribution in [3.63, 3.8) is 0 Å². The van der Waals surface area contributed by atoms with Crippen LogP contribution in [0.25, 0.3) is 0 Å². The standard InChI is InChI=1S/C12H17N3/c1-4-10(3)15(5-2)12-6-7-14-11(8-12)9-13/h6-8,10H,4-5H2,1-3H3. The molecule has 0 aliphatic heterocycles. The van der Waals surface area contributed by atoms with Gasteiger partial charge in [0.2, 0.25) is 0 Å². The van der Waals surface area contributed by atoms with Crippen LogP contribution in [-0.2, 0) is 0 Å². The number of nitriles is 1. The molecule has 0 aliphatic rings. The Hall–Kier alpha value is -1.56. The molecule has 0 spiro atoms. The highest BCUT2D eigenvalue weighted by atomic mass is 15.1. The highest BCUT2D eigenvalue weighted by Crippen LogP contribution is 2.18. The van der Waals surface area contributed by atoms with Crippen LogP contribution in [-0.4, -0.2) is 17.6 Å². The average Bonchev–Trinajstić information content (AvgIpc) is 2.30. The van der Waals surface area contributed by atoms with E-state index in [4.69, 9.17) is 5.26 Å². The largest absolute Gasteiger partial charge is 0.369 e. The summed E-state index contributed by atoms with van der Waals surface area (Å²) in [7, 11) is 0. The van der Waals surface area contributed by atoms with Gasteiger partial charge in [-0.3, -0.25) is 0 Å². The number of hydrogen-bond donors (Lipinski definition) is 0. The summed E-state index contributed by atoms with van der Waals surface area (Å²) in [5.41, 5.74) is 1.56. The molecular weight excluding hydrogens is 186 g/mol. The maximum Gasteiger partial charge on any atom is 0.142 e. The number of anilines is 1. The van der Waals surface area contributed by atoms with E-state index in [-0.39, 0.29) is 0 Å². The summed E-state index contributed by atoms with van der Waals surface area (Å²) in [6.07, 6.45) is 2.79. The summed E-state index contributed by atoms with van der Waals surface area (Å²) in [5.74, 6) is 0. The lowest BCUT2D eigenvalue weighted by atomic mass is 10.2. The molecule has 1 rings (SSSR count). The van der Waals surface area contributed by atoms with Gasteiger partial charge in [-0.2, -0.15) is 5.26 Å². The van der Waals surface area contributed by atoms with Crippen molar-refractivity contribution in [3.8, 4) is 6.07 Å². The second-order valence-corrected chi connectivity index (χ2v) is 3.55. The van der Waals surface area contributed by atoms with Crippen LogP contribution in [0.1, 0.15) is 32.9 Å². The second-order valence-electron chi connectivity index (χ2n) is 3.55. The van der Waals surface area contributed by atoms with Crippen LogP contribution < -0.4 is 4.90 Å². The van der Waals surface area contributed by atoms with Crippen molar-refractivity contribution in [1.29, 1.82) is 5.26 Å². The molecular formula is C12H17N3. The van der Waals surface area contributed by atoms with Crippen LogP contribution in [0.2, 0.25) is 0 Å². The van der Waals surface area contributed by atoms with E-state index in [0.29, 0.717) is 11.7 Å². The van der Waals surface area contributed by atoms with Crippen molar-refractivity contribution < 1.29 is 0 Å². The fraction of sp³-hybridized carbons (Fsp3) is 0.500. The highest BCUT2D eigenvalue weighted by molar-refractivity contribution is 5.49. The van der Waals surface area contributed by atoms with Crippen LogP contribution in [0.4, 0.5) is 5.69 Å². The van der Waals surface area contributed by atoms with E-state index in [0.717, 1.165) is 18.7 Å². The molecule has 1 aromatic rings. The Morgan fingerprint density at radius 3 is 2.80 bits per heavy atom. The maximum absolute atomic E-state index is 8.78. The molecule has 3 heteroatoms. The number of rotatable bonds is 4. The number of aromatic nitrogens is 1. The minimum atomic E-state index is 0.481. The summed E-state index contributed by atoms with van der Waals surface area (Å²) in [4.78, 5) is 6.25. The van der Waals surface area contributed by atoms with E-state index in [9.17, 15) is 0 Å². The van der Waals surface area contributed by atoms with E-state index in [1.807, 2.05) is 12.1 Å². The predicted octanol–water partition coefficient (Wildman–Crippen LogP) is 2.58. The summed E-state index contributed by atoms with van der Waals surface area (Å²) in [5, 5.41) is 8.78. The molecule has 0 saturated heterocycles. The van der Waals surface area contributed by atoms with Gasteiger partial charge in [0.1, 0.15) is 11.8 Å². The van der Waals surface area contributed by atoms with Gasteiger partial charge < -0.3 is 4.90 Å². The van der Waals surface area contributed by atoms with Gasteiger partial charge in [0.25, 0.3) is 0 Å². The molecule has 0 radical (unpaired) electrons. The van der Waals surface area contributed by atoms with Crippen molar-refractivity contribution in [1.82, 2.24) is 4.98 Å². The van der Waals surface area contributed by atoms with Gasteiger partial charge in [0.15, 0.2) is 0 Å². The molecule has 3 nitrogen and oxygen atoms in total.